The van der Waals surface area contributed by atoms with E-state index >= 15 is 0 Å². The van der Waals surface area contributed by atoms with Crippen molar-refractivity contribution < 1.29 is 0 Å². The summed E-state index contributed by atoms with van der Waals surface area (Å²) < 4.78 is 4.69. The van der Waals surface area contributed by atoms with Crippen molar-refractivity contribution in [2.24, 2.45) is 0 Å². The minimum absolute atomic E-state index is 0.587. The Hall–Kier alpha value is -7.47. The fraction of sp³-hybridized carbons (Fsp3) is 0. The SMILES string of the molecule is c1ccc(-c2cccc3cccc(-c4ccc(-c5nc(-c6ccc7c(c6)sc6ccccc67)nc(-n6c7ccccc7c7c8ccccc8ccc76)n5)cc4)c23)cc1. The Morgan fingerprint density at radius 3 is 1.76 bits per heavy atom. The lowest BCUT2D eigenvalue weighted by Gasteiger charge is -2.14. The molecule has 5 heteroatoms. The van der Waals surface area contributed by atoms with Crippen molar-refractivity contribution in [3.63, 3.8) is 0 Å². The van der Waals surface area contributed by atoms with E-state index < -0.39 is 0 Å². The van der Waals surface area contributed by atoms with Crippen molar-refractivity contribution in [1.29, 1.82) is 0 Å². The number of nitrogens with zero attached hydrogens (tertiary/aromatic N) is 4. The van der Waals surface area contributed by atoms with Gasteiger partial charge in [0, 0.05) is 42.1 Å². The van der Waals surface area contributed by atoms with Crippen LogP contribution >= 0.6 is 11.3 Å². The quantitative estimate of drug-likeness (QED) is 0.176. The second-order valence-corrected chi connectivity index (χ2v) is 15.9. The molecule has 0 spiro atoms. The summed E-state index contributed by atoms with van der Waals surface area (Å²) in [6.45, 7) is 0. The number of para-hydroxylation sites is 1. The van der Waals surface area contributed by atoms with Crippen LogP contribution in [0.15, 0.2) is 194 Å². The van der Waals surface area contributed by atoms with Gasteiger partial charge in [-0.15, -0.1) is 11.3 Å². The molecule has 0 fully saturated rings. The second-order valence-electron chi connectivity index (χ2n) is 14.8. The van der Waals surface area contributed by atoms with E-state index in [1.54, 1.807) is 11.3 Å². The van der Waals surface area contributed by atoms with Gasteiger partial charge in [-0.3, -0.25) is 4.57 Å². The smallest absolute Gasteiger partial charge is 0.238 e. The summed E-state index contributed by atoms with van der Waals surface area (Å²) in [5.41, 5.74) is 8.74. The number of hydrogen-bond donors (Lipinski definition) is 0. The van der Waals surface area contributed by atoms with Gasteiger partial charge in [-0.1, -0.05) is 170 Å². The topological polar surface area (TPSA) is 43.6 Å². The number of benzene rings is 9. The van der Waals surface area contributed by atoms with Crippen molar-refractivity contribution in [3.8, 4) is 51.0 Å². The van der Waals surface area contributed by atoms with Gasteiger partial charge in [-0.2, -0.15) is 9.97 Å². The maximum absolute atomic E-state index is 5.30. The lowest BCUT2D eigenvalue weighted by atomic mass is 9.91. The fourth-order valence-corrected chi connectivity index (χ4v) is 9.93. The number of thiophene rings is 1. The third-order valence-corrected chi connectivity index (χ3v) is 12.6. The van der Waals surface area contributed by atoms with Gasteiger partial charge in [0.2, 0.25) is 5.95 Å². The van der Waals surface area contributed by atoms with Crippen molar-refractivity contribution >= 4 is 74.9 Å². The maximum Gasteiger partial charge on any atom is 0.238 e. The molecular formula is C53H32N4S. The first-order valence-corrected chi connectivity index (χ1v) is 20.3. The molecule has 0 atom stereocenters. The summed E-state index contributed by atoms with van der Waals surface area (Å²) in [6.07, 6.45) is 0. The predicted molar refractivity (Wildman–Crippen MR) is 244 cm³/mol. The molecule has 3 heterocycles. The van der Waals surface area contributed by atoms with Crippen LogP contribution in [0.25, 0.3) is 115 Å². The van der Waals surface area contributed by atoms with Gasteiger partial charge >= 0.3 is 0 Å². The van der Waals surface area contributed by atoms with Crippen molar-refractivity contribution in [2.45, 2.75) is 0 Å². The Morgan fingerprint density at radius 1 is 0.345 bits per heavy atom. The summed E-state index contributed by atoms with van der Waals surface area (Å²) in [5, 5.41) is 9.73. The van der Waals surface area contributed by atoms with E-state index in [2.05, 4.69) is 199 Å². The molecule has 270 valence electrons. The predicted octanol–water partition coefficient (Wildman–Crippen LogP) is 14.3. The lowest BCUT2D eigenvalue weighted by molar-refractivity contribution is 0.954. The summed E-state index contributed by atoms with van der Waals surface area (Å²) in [5.74, 6) is 1.85. The molecule has 12 rings (SSSR count). The van der Waals surface area contributed by atoms with Crippen molar-refractivity contribution in [3.05, 3.63) is 194 Å². The van der Waals surface area contributed by atoms with E-state index in [9.17, 15) is 0 Å². The van der Waals surface area contributed by atoms with E-state index in [0.29, 0.717) is 17.6 Å². The Kier molecular flexibility index (Phi) is 7.37. The van der Waals surface area contributed by atoms with E-state index in [0.717, 1.165) is 27.7 Å². The molecule has 4 nitrogen and oxygen atoms in total. The van der Waals surface area contributed by atoms with Gasteiger partial charge in [-0.25, -0.2) is 4.98 Å². The molecule has 0 saturated heterocycles. The molecule has 0 N–H and O–H groups in total. The molecule has 3 aromatic heterocycles. The first kappa shape index (κ1) is 32.7. The molecule has 0 radical (unpaired) electrons. The maximum atomic E-state index is 5.30. The highest BCUT2D eigenvalue weighted by Crippen LogP contribution is 2.40. The molecule has 0 aliphatic heterocycles. The van der Waals surface area contributed by atoms with Crippen LogP contribution < -0.4 is 0 Å². The van der Waals surface area contributed by atoms with Gasteiger partial charge < -0.3 is 0 Å². The first-order chi connectivity index (χ1) is 28.7. The van der Waals surface area contributed by atoms with Crippen LogP contribution in [-0.2, 0) is 0 Å². The first-order valence-electron chi connectivity index (χ1n) is 19.5. The zero-order valence-corrected chi connectivity index (χ0v) is 32.0. The lowest BCUT2D eigenvalue weighted by Crippen LogP contribution is -2.06. The van der Waals surface area contributed by atoms with Crippen molar-refractivity contribution in [1.82, 2.24) is 19.5 Å². The van der Waals surface area contributed by atoms with Crippen LogP contribution in [0.2, 0.25) is 0 Å². The van der Waals surface area contributed by atoms with E-state index in [1.807, 2.05) is 0 Å². The Bertz CT molecular complexity index is 3560. The zero-order chi connectivity index (χ0) is 38.2. The highest BCUT2D eigenvalue weighted by molar-refractivity contribution is 7.25. The molecule has 12 aromatic rings. The van der Waals surface area contributed by atoms with Gasteiger partial charge in [0.1, 0.15) is 0 Å². The van der Waals surface area contributed by atoms with Crippen molar-refractivity contribution in [2.75, 3.05) is 0 Å². The van der Waals surface area contributed by atoms with Crippen LogP contribution in [0.3, 0.4) is 0 Å². The van der Waals surface area contributed by atoms with Crippen LogP contribution in [-0.4, -0.2) is 19.5 Å². The standard InChI is InChI=1S/C53H32N4S/c1-2-12-33(13-3-1)39-20-10-15-36-16-11-21-40(49(36)39)35-24-26-37(27-25-35)51-54-52(38-28-30-43-42-18-7-9-23-47(42)58-48(43)32-38)56-53(55-51)57-45-22-8-6-19-44(45)50-41-17-5-4-14-34(41)29-31-46(50)57/h1-32H. The normalized spacial score (nSPS) is 11.8. The molecule has 0 bridgehead atoms. The van der Waals surface area contributed by atoms with Crippen LogP contribution in [0.5, 0.6) is 0 Å². The molecule has 0 saturated carbocycles. The third kappa shape index (κ3) is 5.18. The van der Waals surface area contributed by atoms with Crippen LogP contribution in [0.4, 0.5) is 0 Å². The largest absolute Gasteiger partial charge is 0.278 e. The molecule has 0 aliphatic carbocycles. The zero-order valence-electron chi connectivity index (χ0n) is 31.2. The highest BCUT2D eigenvalue weighted by Gasteiger charge is 2.20. The summed E-state index contributed by atoms with van der Waals surface area (Å²) in [6, 6.07) is 69.2. The van der Waals surface area contributed by atoms with Crippen LogP contribution in [0.1, 0.15) is 0 Å². The highest BCUT2D eigenvalue weighted by atomic mass is 32.1. The Labute approximate surface area is 338 Å². The monoisotopic (exact) mass is 756 g/mol. The fourth-order valence-electron chi connectivity index (χ4n) is 8.78. The van der Waals surface area contributed by atoms with E-state index in [4.69, 9.17) is 15.0 Å². The molecular weight excluding hydrogens is 725 g/mol. The summed E-state index contributed by atoms with van der Waals surface area (Å²) in [4.78, 5) is 15.8. The molecule has 9 aromatic carbocycles. The average molecular weight is 757 g/mol. The van der Waals surface area contributed by atoms with E-state index in [1.165, 1.54) is 69.2 Å². The molecule has 58 heavy (non-hydrogen) atoms. The van der Waals surface area contributed by atoms with E-state index in [-0.39, 0.29) is 0 Å². The molecule has 0 amide bonds. The minimum atomic E-state index is 0.587. The van der Waals surface area contributed by atoms with Crippen LogP contribution in [0, 0.1) is 0 Å². The number of hydrogen-bond acceptors (Lipinski definition) is 4. The molecule has 0 unspecified atom stereocenters. The molecule has 0 aliphatic rings. The third-order valence-electron chi connectivity index (χ3n) is 11.5. The average Bonchev–Trinajstić information content (AvgIpc) is 3.84. The Balaban J connectivity index is 1.06. The number of rotatable bonds is 5. The number of aromatic nitrogens is 4. The van der Waals surface area contributed by atoms with Gasteiger partial charge in [-0.05, 0) is 68.1 Å². The summed E-state index contributed by atoms with van der Waals surface area (Å²) >= 11 is 1.80. The Morgan fingerprint density at radius 2 is 0.948 bits per heavy atom. The van der Waals surface area contributed by atoms with Gasteiger partial charge in [0.15, 0.2) is 11.6 Å². The van der Waals surface area contributed by atoms with Gasteiger partial charge in [0.05, 0.1) is 11.0 Å². The second kappa shape index (κ2) is 13.1. The van der Waals surface area contributed by atoms with Gasteiger partial charge in [0.25, 0.3) is 0 Å². The number of fused-ring (bicyclic) bond motifs is 9. The minimum Gasteiger partial charge on any atom is -0.278 e. The summed E-state index contributed by atoms with van der Waals surface area (Å²) in [7, 11) is 0.